The number of carboxylic acid groups (broad SMARTS) is 1. The predicted molar refractivity (Wildman–Crippen MR) is 70.4 cm³/mol. The van der Waals surface area contributed by atoms with Crippen LogP contribution in [-0.4, -0.2) is 26.1 Å². The van der Waals surface area contributed by atoms with Gasteiger partial charge in [-0.15, -0.1) is 5.10 Å². The van der Waals surface area contributed by atoms with Crippen LogP contribution in [0.15, 0.2) is 47.1 Å². The van der Waals surface area contributed by atoms with Gasteiger partial charge in [0.05, 0.1) is 17.5 Å². The maximum Gasteiger partial charge on any atom is 0.335 e. The van der Waals surface area contributed by atoms with Crippen LogP contribution in [0.4, 0.5) is 5.82 Å². The summed E-state index contributed by atoms with van der Waals surface area (Å²) in [6, 6.07) is 9.72. The van der Waals surface area contributed by atoms with E-state index in [-0.39, 0.29) is 11.4 Å². The molecule has 20 heavy (non-hydrogen) atoms. The normalized spacial score (nSPS) is 10.6. The van der Waals surface area contributed by atoms with Crippen molar-refractivity contribution in [2.75, 3.05) is 5.73 Å². The summed E-state index contributed by atoms with van der Waals surface area (Å²) in [6.45, 7) is 0. The van der Waals surface area contributed by atoms with E-state index in [0.717, 1.165) is 0 Å². The number of nitrogen functional groups attached to an aromatic ring is 1. The van der Waals surface area contributed by atoms with Gasteiger partial charge in [0, 0.05) is 0 Å². The Morgan fingerprint density at radius 2 is 2.15 bits per heavy atom. The largest absolute Gasteiger partial charge is 0.478 e. The molecule has 0 spiro atoms. The van der Waals surface area contributed by atoms with E-state index in [1.54, 1.807) is 24.3 Å². The van der Waals surface area contributed by atoms with E-state index in [2.05, 4.69) is 10.3 Å². The third-order valence-corrected chi connectivity index (χ3v) is 2.80. The monoisotopic (exact) mass is 270 g/mol. The van der Waals surface area contributed by atoms with Crippen LogP contribution >= 0.6 is 0 Å². The van der Waals surface area contributed by atoms with Crippen LogP contribution in [0.2, 0.25) is 0 Å². The highest BCUT2D eigenvalue weighted by Gasteiger charge is 2.15. The second-order valence-corrected chi connectivity index (χ2v) is 4.07. The molecule has 0 aliphatic carbocycles. The molecule has 2 aromatic heterocycles. The molecule has 0 saturated heterocycles. The number of nitrogens with zero attached hydrogens (tertiary/aromatic N) is 3. The van der Waals surface area contributed by atoms with Gasteiger partial charge in [0.2, 0.25) is 0 Å². The first-order chi connectivity index (χ1) is 9.66. The Morgan fingerprint density at radius 1 is 1.30 bits per heavy atom. The molecule has 0 unspecified atom stereocenters. The Balaban J connectivity index is 2.08. The second-order valence-electron chi connectivity index (χ2n) is 4.07. The van der Waals surface area contributed by atoms with E-state index in [1.807, 2.05) is 0 Å². The van der Waals surface area contributed by atoms with Crippen molar-refractivity contribution >= 4 is 11.8 Å². The maximum atomic E-state index is 11.0. The van der Waals surface area contributed by atoms with Crippen LogP contribution in [0.3, 0.4) is 0 Å². The van der Waals surface area contributed by atoms with E-state index >= 15 is 0 Å². The smallest absolute Gasteiger partial charge is 0.335 e. The zero-order valence-electron chi connectivity index (χ0n) is 10.2. The van der Waals surface area contributed by atoms with E-state index in [4.69, 9.17) is 15.3 Å². The van der Waals surface area contributed by atoms with Crippen molar-refractivity contribution in [3.8, 4) is 17.1 Å². The van der Waals surface area contributed by atoms with Crippen molar-refractivity contribution in [2.24, 2.45) is 0 Å². The highest BCUT2D eigenvalue weighted by Crippen LogP contribution is 2.25. The maximum absolute atomic E-state index is 11.0. The summed E-state index contributed by atoms with van der Waals surface area (Å²) in [4.78, 5) is 11.0. The Kier molecular flexibility index (Phi) is 2.72. The molecule has 0 bridgehead atoms. The SMILES string of the molecule is Nc1c(-c2ccco2)nnn1-c1cccc(C(=O)O)c1. The number of carboxylic acids is 1. The van der Waals surface area contributed by atoms with Gasteiger partial charge in [-0.2, -0.15) is 4.68 Å². The van der Waals surface area contributed by atoms with Gasteiger partial charge < -0.3 is 15.3 Å². The molecule has 2 heterocycles. The molecule has 0 radical (unpaired) electrons. The first kappa shape index (κ1) is 12.0. The van der Waals surface area contributed by atoms with Crippen LogP contribution < -0.4 is 5.73 Å². The van der Waals surface area contributed by atoms with Crippen LogP contribution in [0, 0.1) is 0 Å². The molecule has 3 aromatic rings. The fraction of sp³-hybridized carbons (Fsp3) is 0. The average molecular weight is 270 g/mol. The van der Waals surface area contributed by atoms with Gasteiger partial charge in [-0.05, 0) is 30.3 Å². The molecule has 3 N–H and O–H groups in total. The van der Waals surface area contributed by atoms with E-state index < -0.39 is 5.97 Å². The molecule has 7 nitrogen and oxygen atoms in total. The van der Waals surface area contributed by atoms with Crippen molar-refractivity contribution < 1.29 is 14.3 Å². The lowest BCUT2D eigenvalue weighted by Gasteiger charge is -2.04. The van der Waals surface area contributed by atoms with E-state index in [0.29, 0.717) is 17.1 Å². The lowest BCUT2D eigenvalue weighted by Crippen LogP contribution is -2.04. The van der Waals surface area contributed by atoms with Crippen LogP contribution in [0.5, 0.6) is 0 Å². The van der Waals surface area contributed by atoms with Crippen molar-refractivity contribution in [1.29, 1.82) is 0 Å². The van der Waals surface area contributed by atoms with E-state index in [9.17, 15) is 4.79 Å². The fourth-order valence-electron chi connectivity index (χ4n) is 1.84. The third-order valence-electron chi connectivity index (χ3n) is 2.80. The van der Waals surface area contributed by atoms with Gasteiger partial charge in [0.1, 0.15) is 0 Å². The topological polar surface area (TPSA) is 107 Å². The third kappa shape index (κ3) is 1.91. The highest BCUT2D eigenvalue weighted by molar-refractivity contribution is 5.88. The van der Waals surface area contributed by atoms with Gasteiger partial charge in [-0.3, -0.25) is 0 Å². The lowest BCUT2D eigenvalue weighted by molar-refractivity contribution is 0.0697. The van der Waals surface area contributed by atoms with Crippen LogP contribution in [0.25, 0.3) is 17.1 Å². The number of aromatic nitrogens is 3. The number of benzene rings is 1. The molecule has 0 saturated carbocycles. The summed E-state index contributed by atoms with van der Waals surface area (Å²) < 4.78 is 6.59. The summed E-state index contributed by atoms with van der Waals surface area (Å²) in [5.41, 5.74) is 7.07. The minimum Gasteiger partial charge on any atom is -0.478 e. The van der Waals surface area contributed by atoms with Crippen molar-refractivity contribution in [3.05, 3.63) is 48.2 Å². The quantitative estimate of drug-likeness (QED) is 0.751. The zero-order chi connectivity index (χ0) is 14.1. The Hall–Kier alpha value is -3.09. The van der Waals surface area contributed by atoms with Gasteiger partial charge in [0.25, 0.3) is 0 Å². The van der Waals surface area contributed by atoms with Gasteiger partial charge in [-0.1, -0.05) is 11.3 Å². The van der Waals surface area contributed by atoms with Crippen molar-refractivity contribution in [2.45, 2.75) is 0 Å². The number of hydrogen-bond donors (Lipinski definition) is 2. The highest BCUT2D eigenvalue weighted by atomic mass is 16.4. The Bertz CT molecular complexity index is 762. The van der Waals surface area contributed by atoms with Crippen LogP contribution in [0.1, 0.15) is 10.4 Å². The molecule has 100 valence electrons. The summed E-state index contributed by atoms with van der Waals surface area (Å²) in [5.74, 6) is -0.234. The first-order valence-corrected chi connectivity index (χ1v) is 5.75. The van der Waals surface area contributed by atoms with Crippen LogP contribution in [-0.2, 0) is 0 Å². The number of furan rings is 1. The summed E-state index contributed by atoms with van der Waals surface area (Å²) in [7, 11) is 0. The number of nitrogens with two attached hydrogens (primary N) is 1. The summed E-state index contributed by atoms with van der Waals surface area (Å²) in [5, 5.41) is 16.9. The molecular formula is C13H10N4O3. The molecule has 0 aliphatic heterocycles. The summed E-state index contributed by atoms with van der Waals surface area (Å²) in [6.07, 6.45) is 1.51. The van der Waals surface area contributed by atoms with Gasteiger partial charge in [0.15, 0.2) is 17.3 Å². The Labute approximate surface area is 113 Å². The lowest BCUT2D eigenvalue weighted by atomic mass is 10.2. The minimum absolute atomic E-state index is 0.150. The van der Waals surface area contributed by atoms with E-state index in [1.165, 1.54) is 23.1 Å². The molecule has 0 atom stereocenters. The molecule has 0 amide bonds. The molecular weight excluding hydrogens is 260 g/mol. The minimum atomic E-state index is -1.02. The first-order valence-electron chi connectivity index (χ1n) is 5.75. The van der Waals surface area contributed by atoms with Crippen molar-refractivity contribution in [3.63, 3.8) is 0 Å². The van der Waals surface area contributed by atoms with Gasteiger partial charge >= 0.3 is 5.97 Å². The number of aromatic carboxylic acids is 1. The number of rotatable bonds is 3. The predicted octanol–water partition coefficient (Wildman–Crippen LogP) is 1.81. The zero-order valence-corrected chi connectivity index (χ0v) is 10.2. The molecule has 7 heteroatoms. The Morgan fingerprint density at radius 3 is 2.85 bits per heavy atom. The van der Waals surface area contributed by atoms with Gasteiger partial charge in [-0.25, -0.2) is 4.79 Å². The number of anilines is 1. The molecule has 3 rings (SSSR count). The number of hydrogen-bond acceptors (Lipinski definition) is 5. The summed E-state index contributed by atoms with van der Waals surface area (Å²) >= 11 is 0. The molecule has 0 aliphatic rings. The molecule has 1 aromatic carbocycles. The second kappa shape index (κ2) is 4.54. The van der Waals surface area contributed by atoms with Crippen molar-refractivity contribution in [1.82, 2.24) is 15.0 Å². The molecule has 0 fully saturated rings. The fourth-order valence-corrected chi connectivity index (χ4v) is 1.84. The standard InChI is InChI=1S/C13H10N4O3/c14-12-11(10-5-2-6-20-10)15-16-17(12)9-4-1-3-8(7-9)13(18)19/h1-7H,14H2,(H,18,19). The number of carbonyl (C=O) groups is 1. The average Bonchev–Trinajstić information content (AvgIpc) is 3.08.